The fourth-order valence-corrected chi connectivity index (χ4v) is 1.66. The lowest BCUT2D eigenvalue weighted by atomic mass is 9.82. The van der Waals surface area contributed by atoms with Crippen LogP contribution in [0.4, 0.5) is 0 Å². The molecule has 0 radical (unpaired) electrons. The largest absolute Gasteiger partial charge is 0.355 e. The van der Waals surface area contributed by atoms with Crippen LogP contribution in [0, 0.1) is 11.3 Å². The van der Waals surface area contributed by atoms with Crippen molar-refractivity contribution >= 4 is 5.91 Å². The van der Waals surface area contributed by atoms with Gasteiger partial charge in [-0.05, 0) is 37.1 Å². The van der Waals surface area contributed by atoms with E-state index in [2.05, 4.69) is 33.0 Å². The Kier molecular flexibility index (Phi) is 7.39. The maximum atomic E-state index is 11.6. The Balaban J connectivity index is 3.97. The maximum Gasteiger partial charge on any atom is 0.220 e. The highest BCUT2D eigenvalue weighted by molar-refractivity contribution is 5.75. The molecule has 0 aliphatic rings. The lowest BCUT2D eigenvalue weighted by Gasteiger charge is -2.30. The quantitative estimate of drug-likeness (QED) is 0.670. The van der Waals surface area contributed by atoms with Gasteiger partial charge < -0.3 is 11.1 Å². The third-order valence-electron chi connectivity index (χ3n) is 3.54. The van der Waals surface area contributed by atoms with E-state index < -0.39 is 0 Å². The molecule has 0 aliphatic carbocycles. The standard InChI is InChI=1S/C13H28N2O/c1-5-13(6-2,9-14)10-15-12(16)8-7-11(3)4/h11H,5-10,14H2,1-4H3,(H,15,16). The van der Waals surface area contributed by atoms with Crippen molar-refractivity contribution in [1.82, 2.24) is 5.32 Å². The first-order valence-corrected chi connectivity index (χ1v) is 6.46. The molecule has 0 aliphatic heterocycles. The summed E-state index contributed by atoms with van der Waals surface area (Å²) in [5, 5.41) is 3.01. The smallest absolute Gasteiger partial charge is 0.220 e. The van der Waals surface area contributed by atoms with Gasteiger partial charge in [-0.1, -0.05) is 27.7 Å². The van der Waals surface area contributed by atoms with Crippen LogP contribution in [0.3, 0.4) is 0 Å². The summed E-state index contributed by atoms with van der Waals surface area (Å²) >= 11 is 0. The number of hydrogen-bond acceptors (Lipinski definition) is 2. The molecule has 0 bridgehead atoms. The third-order valence-corrected chi connectivity index (χ3v) is 3.54. The normalized spacial score (nSPS) is 11.9. The summed E-state index contributed by atoms with van der Waals surface area (Å²) in [4.78, 5) is 11.6. The van der Waals surface area contributed by atoms with Gasteiger partial charge in [0.25, 0.3) is 0 Å². The third kappa shape index (κ3) is 5.50. The van der Waals surface area contributed by atoms with Gasteiger partial charge in [-0.2, -0.15) is 0 Å². The van der Waals surface area contributed by atoms with Crippen LogP contribution in [0.1, 0.15) is 53.4 Å². The second-order valence-corrected chi connectivity index (χ2v) is 5.12. The average molecular weight is 228 g/mol. The fourth-order valence-electron chi connectivity index (χ4n) is 1.66. The van der Waals surface area contributed by atoms with Gasteiger partial charge in [-0.3, -0.25) is 4.79 Å². The second-order valence-electron chi connectivity index (χ2n) is 5.12. The Bertz CT molecular complexity index is 190. The molecular formula is C13H28N2O. The van der Waals surface area contributed by atoms with Crippen LogP contribution in [-0.2, 0) is 4.79 Å². The molecule has 0 unspecified atom stereocenters. The number of nitrogens with one attached hydrogen (secondary N) is 1. The van der Waals surface area contributed by atoms with E-state index >= 15 is 0 Å². The Morgan fingerprint density at radius 1 is 1.31 bits per heavy atom. The van der Waals surface area contributed by atoms with Gasteiger partial charge in [-0.25, -0.2) is 0 Å². The zero-order valence-electron chi connectivity index (χ0n) is 11.3. The van der Waals surface area contributed by atoms with Crippen molar-refractivity contribution in [2.24, 2.45) is 17.1 Å². The molecule has 96 valence electrons. The van der Waals surface area contributed by atoms with Crippen molar-refractivity contribution in [3.05, 3.63) is 0 Å². The summed E-state index contributed by atoms with van der Waals surface area (Å²) in [5.41, 5.74) is 5.88. The fraction of sp³-hybridized carbons (Fsp3) is 0.923. The van der Waals surface area contributed by atoms with E-state index in [0.29, 0.717) is 25.4 Å². The molecule has 3 heteroatoms. The molecular weight excluding hydrogens is 200 g/mol. The number of carbonyl (C=O) groups excluding carboxylic acids is 1. The molecule has 3 N–H and O–H groups in total. The van der Waals surface area contributed by atoms with Gasteiger partial charge in [0, 0.05) is 13.0 Å². The van der Waals surface area contributed by atoms with Crippen molar-refractivity contribution in [1.29, 1.82) is 0 Å². The van der Waals surface area contributed by atoms with E-state index in [9.17, 15) is 4.79 Å². The van der Waals surface area contributed by atoms with Crippen LogP contribution in [0.2, 0.25) is 0 Å². The van der Waals surface area contributed by atoms with Gasteiger partial charge in [-0.15, -0.1) is 0 Å². The summed E-state index contributed by atoms with van der Waals surface area (Å²) in [6.07, 6.45) is 3.63. The number of rotatable bonds is 8. The highest BCUT2D eigenvalue weighted by Crippen LogP contribution is 2.23. The average Bonchev–Trinajstić information content (AvgIpc) is 2.29. The minimum atomic E-state index is 0.0908. The molecule has 0 aromatic carbocycles. The van der Waals surface area contributed by atoms with E-state index in [1.54, 1.807) is 0 Å². The Hall–Kier alpha value is -0.570. The van der Waals surface area contributed by atoms with Crippen molar-refractivity contribution in [3.8, 4) is 0 Å². The van der Waals surface area contributed by atoms with Crippen LogP contribution in [0.15, 0.2) is 0 Å². The minimum absolute atomic E-state index is 0.0908. The van der Waals surface area contributed by atoms with Crippen molar-refractivity contribution in [2.75, 3.05) is 13.1 Å². The highest BCUT2D eigenvalue weighted by Gasteiger charge is 2.24. The molecule has 0 saturated heterocycles. The van der Waals surface area contributed by atoms with Gasteiger partial charge in [0.2, 0.25) is 5.91 Å². The molecule has 0 spiro atoms. The van der Waals surface area contributed by atoms with Crippen LogP contribution < -0.4 is 11.1 Å². The number of carbonyl (C=O) groups is 1. The van der Waals surface area contributed by atoms with E-state index in [1.807, 2.05) is 0 Å². The van der Waals surface area contributed by atoms with Crippen molar-refractivity contribution < 1.29 is 4.79 Å². The van der Waals surface area contributed by atoms with E-state index in [0.717, 1.165) is 19.3 Å². The summed E-state index contributed by atoms with van der Waals surface area (Å²) in [7, 11) is 0. The minimum Gasteiger partial charge on any atom is -0.355 e. The SMILES string of the molecule is CCC(CC)(CN)CNC(=O)CCC(C)C. The van der Waals surface area contributed by atoms with E-state index in [4.69, 9.17) is 5.73 Å². The topological polar surface area (TPSA) is 55.1 Å². The molecule has 3 nitrogen and oxygen atoms in total. The monoisotopic (exact) mass is 228 g/mol. The number of amides is 1. The van der Waals surface area contributed by atoms with Crippen LogP contribution in [0.25, 0.3) is 0 Å². The molecule has 16 heavy (non-hydrogen) atoms. The molecule has 0 aromatic rings. The molecule has 0 rings (SSSR count). The Labute approximate surface area is 100 Å². The Morgan fingerprint density at radius 3 is 2.25 bits per heavy atom. The van der Waals surface area contributed by atoms with E-state index in [1.165, 1.54) is 0 Å². The van der Waals surface area contributed by atoms with Crippen LogP contribution in [0.5, 0.6) is 0 Å². The predicted molar refractivity (Wildman–Crippen MR) is 69.2 cm³/mol. The molecule has 0 fully saturated rings. The van der Waals surface area contributed by atoms with Crippen molar-refractivity contribution in [3.63, 3.8) is 0 Å². The molecule has 1 amide bonds. The van der Waals surface area contributed by atoms with Gasteiger partial charge >= 0.3 is 0 Å². The summed E-state index contributed by atoms with van der Waals surface area (Å²) in [6, 6.07) is 0. The lowest BCUT2D eigenvalue weighted by Crippen LogP contribution is -2.41. The molecule has 0 atom stereocenters. The highest BCUT2D eigenvalue weighted by atomic mass is 16.1. The van der Waals surface area contributed by atoms with E-state index in [-0.39, 0.29) is 11.3 Å². The number of nitrogens with two attached hydrogens (primary N) is 1. The second kappa shape index (κ2) is 7.66. The van der Waals surface area contributed by atoms with Crippen LogP contribution in [-0.4, -0.2) is 19.0 Å². The van der Waals surface area contributed by atoms with Crippen molar-refractivity contribution in [2.45, 2.75) is 53.4 Å². The zero-order valence-corrected chi connectivity index (χ0v) is 11.3. The summed E-state index contributed by atoms with van der Waals surface area (Å²) in [6.45, 7) is 9.90. The van der Waals surface area contributed by atoms with Gasteiger partial charge in [0.05, 0.1) is 0 Å². The first kappa shape index (κ1) is 15.4. The summed E-state index contributed by atoms with van der Waals surface area (Å²) in [5.74, 6) is 0.746. The van der Waals surface area contributed by atoms with Gasteiger partial charge in [0.15, 0.2) is 0 Å². The number of hydrogen-bond donors (Lipinski definition) is 2. The first-order chi connectivity index (χ1) is 7.49. The summed E-state index contributed by atoms with van der Waals surface area (Å²) < 4.78 is 0. The zero-order chi connectivity index (χ0) is 12.6. The Morgan fingerprint density at radius 2 is 1.88 bits per heavy atom. The predicted octanol–water partition coefficient (Wildman–Crippen LogP) is 2.30. The lowest BCUT2D eigenvalue weighted by molar-refractivity contribution is -0.121. The van der Waals surface area contributed by atoms with Crippen LogP contribution >= 0.6 is 0 Å². The molecule has 0 heterocycles. The molecule has 0 saturated carbocycles. The maximum absolute atomic E-state index is 11.6. The first-order valence-electron chi connectivity index (χ1n) is 6.46. The molecule has 0 aromatic heterocycles. The van der Waals surface area contributed by atoms with Gasteiger partial charge in [0.1, 0.15) is 0 Å².